The summed E-state index contributed by atoms with van der Waals surface area (Å²) < 4.78 is 30.4. The standard InChI is InChI=1S/C11H17F2N3S/c1-14-9(10-7-15-16-17-10)5-8-3-2-4-11(12,13)6-8/h7-9,14H,2-6H2,1H3. The maximum absolute atomic E-state index is 13.3. The molecule has 0 saturated heterocycles. The molecule has 1 saturated carbocycles. The lowest BCUT2D eigenvalue weighted by molar-refractivity contribution is -0.0547. The lowest BCUT2D eigenvalue weighted by atomic mass is 9.82. The summed E-state index contributed by atoms with van der Waals surface area (Å²) in [6.07, 6.45) is 4.07. The van der Waals surface area contributed by atoms with E-state index in [4.69, 9.17) is 0 Å². The summed E-state index contributed by atoms with van der Waals surface area (Å²) in [5.74, 6) is -2.37. The van der Waals surface area contributed by atoms with Crippen molar-refractivity contribution in [3.05, 3.63) is 11.1 Å². The van der Waals surface area contributed by atoms with Crippen LogP contribution in [-0.4, -0.2) is 22.6 Å². The number of halogens is 2. The van der Waals surface area contributed by atoms with Gasteiger partial charge in [-0.15, -0.1) is 5.10 Å². The van der Waals surface area contributed by atoms with Crippen LogP contribution in [0.2, 0.25) is 0 Å². The molecule has 1 N–H and O–H groups in total. The quantitative estimate of drug-likeness (QED) is 0.905. The molecule has 0 spiro atoms. The molecule has 1 heterocycles. The molecule has 0 amide bonds. The van der Waals surface area contributed by atoms with Crippen molar-refractivity contribution in [1.82, 2.24) is 14.9 Å². The average Bonchev–Trinajstić information content (AvgIpc) is 2.78. The summed E-state index contributed by atoms with van der Waals surface area (Å²) in [7, 11) is 1.85. The first-order valence-corrected chi connectivity index (χ1v) is 6.70. The minimum absolute atomic E-state index is 0.0252. The number of hydrogen-bond acceptors (Lipinski definition) is 4. The second-order valence-corrected chi connectivity index (χ2v) is 5.53. The van der Waals surface area contributed by atoms with E-state index >= 15 is 0 Å². The third kappa shape index (κ3) is 3.42. The molecule has 1 aromatic heterocycles. The first kappa shape index (κ1) is 12.8. The van der Waals surface area contributed by atoms with Crippen LogP contribution in [0.1, 0.15) is 43.0 Å². The molecule has 2 unspecified atom stereocenters. The fourth-order valence-electron chi connectivity index (χ4n) is 2.51. The van der Waals surface area contributed by atoms with Crippen molar-refractivity contribution in [1.29, 1.82) is 0 Å². The van der Waals surface area contributed by atoms with E-state index in [1.807, 2.05) is 7.05 Å². The van der Waals surface area contributed by atoms with Crippen molar-refractivity contribution in [3.8, 4) is 0 Å². The normalized spacial score (nSPS) is 25.7. The third-order valence-electron chi connectivity index (χ3n) is 3.38. The lowest BCUT2D eigenvalue weighted by Gasteiger charge is -2.30. The van der Waals surface area contributed by atoms with Crippen LogP contribution >= 0.6 is 11.5 Å². The molecule has 6 heteroatoms. The Balaban J connectivity index is 1.95. The fraction of sp³-hybridized carbons (Fsp3) is 0.818. The molecule has 1 aliphatic carbocycles. The topological polar surface area (TPSA) is 37.8 Å². The Morgan fingerprint density at radius 3 is 3.06 bits per heavy atom. The Hall–Kier alpha value is -0.620. The van der Waals surface area contributed by atoms with Crippen LogP contribution < -0.4 is 5.32 Å². The molecule has 1 fully saturated rings. The van der Waals surface area contributed by atoms with E-state index in [9.17, 15) is 8.78 Å². The molecule has 17 heavy (non-hydrogen) atoms. The van der Waals surface area contributed by atoms with E-state index in [2.05, 4.69) is 14.9 Å². The zero-order valence-electron chi connectivity index (χ0n) is 9.83. The van der Waals surface area contributed by atoms with E-state index in [-0.39, 0.29) is 24.8 Å². The molecular weight excluding hydrogens is 244 g/mol. The maximum atomic E-state index is 13.3. The van der Waals surface area contributed by atoms with Gasteiger partial charge in [-0.25, -0.2) is 8.78 Å². The van der Waals surface area contributed by atoms with Crippen LogP contribution in [0.15, 0.2) is 6.20 Å². The summed E-state index contributed by atoms with van der Waals surface area (Å²) in [5, 5.41) is 6.96. The first-order chi connectivity index (χ1) is 8.11. The Bertz CT molecular complexity index is 342. The molecule has 2 rings (SSSR count). The fourth-order valence-corrected chi connectivity index (χ4v) is 3.14. The molecule has 1 aromatic rings. The SMILES string of the molecule is CNC(CC1CCCC(F)(F)C1)c1cnns1. The second kappa shape index (κ2) is 5.35. The molecule has 2 atom stereocenters. The van der Waals surface area contributed by atoms with Crippen molar-refractivity contribution < 1.29 is 8.78 Å². The highest BCUT2D eigenvalue weighted by Gasteiger charge is 2.37. The van der Waals surface area contributed by atoms with E-state index in [0.29, 0.717) is 6.42 Å². The predicted octanol–water partition coefficient (Wildman–Crippen LogP) is 3.01. The van der Waals surface area contributed by atoms with Gasteiger partial charge >= 0.3 is 0 Å². The number of alkyl halides is 2. The zero-order valence-corrected chi connectivity index (χ0v) is 10.6. The van der Waals surface area contributed by atoms with Crippen molar-refractivity contribution in [2.45, 2.75) is 44.1 Å². The number of rotatable bonds is 4. The van der Waals surface area contributed by atoms with Gasteiger partial charge in [0.15, 0.2) is 0 Å². The Morgan fingerprint density at radius 2 is 2.47 bits per heavy atom. The number of nitrogens with one attached hydrogen (secondary N) is 1. The second-order valence-electron chi connectivity index (χ2n) is 4.72. The summed E-state index contributed by atoms with van der Waals surface area (Å²) in [4.78, 5) is 1.03. The van der Waals surface area contributed by atoms with Crippen LogP contribution in [0.4, 0.5) is 8.78 Å². The van der Waals surface area contributed by atoms with E-state index in [1.54, 1.807) is 6.20 Å². The number of nitrogens with zero attached hydrogens (tertiary/aromatic N) is 2. The lowest BCUT2D eigenvalue weighted by Crippen LogP contribution is -2.29. The summed E-state index contributed by atoms with van der Waals surface area (Å²) in [6, 6.07) is 0.105. The van der Waals surface area contributed by atoms with Crippen LogP contribution in [0.5, 0.6) is 0 Å². The van der Waals surface area contributed by atoms with Gasteiger partial charge in [0.1, 0.15) is 0 Å². The molecule has 1 aliphatic rings. The minimum atomic E-state index is -2.47. The highest BCUT2D eigenvalue weighted by molar-refractivity contribution is 7.05. The van der Waals surface area contributed by atoms with Gasteiger partial charge in [0.25, 0.3) is 0 Å². The van der Waals surface area contributed by atoms with E-state index < -0.39 is 5.92 Å². The highest BCUT2D eigenvalue weighted by Crippen LogP contribution is 2.40. The van der Waals surface area contributed by atoms with Crippen LogP contribution in [-0.2, 0) is 0 Å². The largest absolute Gasteiger partial charge is 0.312 e. The first-order valence-electron chi connectivity index (χ1n) is 5.93. The minimum Gasteiger partial charge on any atom is -0.312 e. The smallest absolute Gasteiger partial charge is 0.248 e. The van der Waals surface area contributed by atoms with E-state index in [1.165, 1.54) is 11.5 Å². The Morgan fingerprint density at radius 1 is 1.65 bits per heavy atom. The van der Waals surface area contributed by atoms with Gasteiger partial charge in [0.2, 0.25) is 5.92 Å². The molecule has 0 radical (unpaired) electrons. The van der Waals surface area contributed by atoms with Gasteiger partial charge in [-0.3, -0.25) is 0 Å². The molecule has 0 aliphatic heterocycles. The Labute approximate surface area is 104 Å². The summed E-state index contributed by atoms with van der Waals surface area (Å²) in [6.45, 7) is 0. The average molecular weight is 261 g/mol. The van der Waals surface area contributed by atoms with Crippen molar-refractivity contribution >= 4 is 11.5 Å². The number of hydrogen-bond donors (Lipinski definition) is 1. The predicted molar refractivity (Wildman–Crippen MR) is 63.2 cm³/mol. The summed E-state index contributed by atoms with van der Waals surface area (Å²) >= 11 is 1.33. The van der Waals surface area contributed by atoms with Gasteiger partial charge in [-0.2, -0.15) is 0 Å². The van der Waals surface area contributed by atoms with Crippen molar-refractivity contribution in [2.24, 2.45) is 5.92 Å². The number of aromatic nitrogens is 2. The van der Waals surface area contributed by atoms with Crippen LogP contribution in [0.3, 0.4) is 0 Å². The molecule has 3 nitrogen and oxygen atoms in total. The van der Waals surface area contributed by atoms with Gasteiger partial charge in [-0.05, 0) is 43.8 Å². The Kier molecular flexibility index (Phi) is 4.04. The molecular formula is C11H17F2N3S. The van der Waals surface area contributed by atoms with Crippen LogP contribution in [0, 0.1) is 5.92 Å². The third-order valence-corrected chi connectivity index (χ3v) is 4.16. The van der Waals surface area contributed by atoms with Crippen molar-refractivity contribution in [3.63, 3.8) is 0 Å². The van der Waals surface area contributed by atoms with E-state index in [0.717, 1.165) is 17.7 Å². The van der Waals surface area contributed by atoms with Gasteiger partial charge < -0.3 is 5.32 Å². The van der Waals surface area contributed by atoms with Crippen molar-refractivity contribution in [2.75, 3.05) is 7.05 Å². The molecule has 0 bridgehead atoms. The van der Waals surface area contributed by atoms with Gasteiger partial charge in [0, 0.05) is 18.9 Å². The monoisotopic (exact) mass is 261 g/mol. The molecule has 96 valence electrons. The zero-order chi connectivity index (χ0) is 12.3. The van der Waals surface area contributed by atoms with Crippen LogP contribution in [0.25, 0.3) is 0 Å². The summed E-state index contributed by atoms with van der Waals surface area (Å²) in [5.41, 5.74) is 0. The highest BCUT2D eigenvalue weighted by atomic mass is 32.1. The van der Waals surface area contributed by atoms with Gasteiger partial charge in [-0.1, -0.05) is 4.49 Å². The van der Waals surface area contributed by atoms with Gasteiger partial charge in [0.05, 0.1) is 11.1 Å². The molecule has 0 aromatic carbocycles. The maximum Gasteiger partial charge on any atom is 0.248 e.